The molecular weight excluding hydrogens is 316 g/mol. The first-order valence-corrected chi connectivity index (χ1v) is 9.37. The van der Waals surface area contributed by atoms with Crippen LogP contribution < -0.4 is 4.74 Å². The van der Waals surface area contributed by atoms with Crippen molar-refractivity contribution in [3.63, 3.8) is 0 Å². The lowest BCUT2D eigenvalue weighted by Crippen LogP contribution is -2.38. The lowest BCUT2D eigenvalue weighted by molar-refractivity contribution is 0.0767. The fourth-order valence-corrected chi connectivity index (χ4v) is 4.00. The van der Waals surface area contributed by atoms with Crippen molar-refractivity contribution < 1.29 is 9.53 Å². The fraction of sp³-hybridized carbons (Fsp3) is 0.375. The van der Waals surface area contributed by atoms with Gasteiger partial charge >= 0.3 is 0 Å². The van der Waals surface area contributed by atoms with Gasteiger partial charge in [0.1, 0.15) is 16.5 Å². The zero-order valence-corrected chi connectivity index (χ0v) is 14.1. The molecule has 0 atom stereocenters. The molecule has 0 radical (unpaired) electrons. The van der Waals surface area contributed by atoms with Crippen LogP contribution in [0.25, 0.3) is 10.6 Å². The standard InChI is InChI=1S/C16H18N2O2S2/c1-2-20-13-5-3-12(4-6-13)15-17-14(11-22-15)16(19)18-7-9-21-10-8-18/h3-6,11H,2,7-10H2,1H3. The minimum Gasteiger partial charge on any atom is -0.494 e. The molecule has 6 heteroatoms. The summed E-state index contributed by atoms with van der Waals surface area (Å²) in [6.07, 6.45) is 0. The highest BCUT2D eigenvalue weighted by molar-refractivity contribution is 7.99. The van der Waals surface area contributed by atoms with Crippen molar-refractivity contribution in [1.82, 2.24) is 9.88 Å². The van der Waals surface area contributed by atoms with Crippen LogP contribution >= 0.6 is 23.1 Å². The highest BCUT2D eigenvalue weighted by Crippen LogP contribution is 2.26. The van der Waals surface area contributed by atoms with Crippen LogP contribution in [0.5, 0.6) is 5.75 Å². The molecule has 116 valence electrons. The van der Waals surface area contributed by atoms with Crippen molar-refractivity contribution in [3.05, 3.63) is 35.3 Å². The van der Waals surface area contributed by atoms with Gasteiger partial charge < -0.3 is 9.64 Å². The van der Waals surface area contributed by atoms with Crippen LogP contribution in [-0.2, 0) is 0 Å². The Morgan fingerprint density at radius 1 is 1.27 bits per heavy atom. The van der Waals surface area contributed by atoms with Gasteiger partial charge in [-0.15, -0.1) is 11.3 Å². The van der Waals surface area contributed by atoms with Gasteiger partial charge in [0, 0.05) is 35.5 Å². The van der Waals surface area contributed by atoms with Crippen LogP contribution in [0.15, 0.2) is 29.6 Å². The molecule has 1 aromatic carbocycles. The van der Waals surface area contributed by atoms with Crippen molar-refractivity contribution in [3.8, 4) is 16.3 Å². The van der Waals surface area contributed by atoms with Crippen molar-refractivity contribution in [1.29, 1.82) is 0 Å². The number of rotatable bonds is 4. The third-order valence-corrected chi connectivity index (χ3v) is 5.27. The van der Waals surface area contributed by atoms with E-state index in [1.54, 1.807) is 0 Å². The predicted octanol–water partition coefficient (Wildman–Crippen LogP) is 3.40. The normalized spacial score (nSPS) is 14.9. The average Bonchev–Trinajstić information content (AvgIpc) is 3.06. The van der Waals surface area contributed by atoms with Gasteiger partial charge in [0.15, 0.2) is 0 Å². The van der Waals surface area contributed by atoms with Crippen molar-refractivity contribution >= 4 is 29.0 Å². The number of hydrogen-bond acceptors (Lipinski definition) is 5. The number of carbonyl (C=O) groups excluding carboxylic acids is 1. The van der Waals surface area contributed by atoms with Crippen LogP contribution in [0.4, 0.5) is 0 Å². The molecule has 0 spiro atoms. The molecule has 1 fully saturated rings. The second kappa shape index (κ2) is 7.15. The lowest BCUT2D eigenvalue weighted by Gasteiger charge is -2.25. The van der Waals surface area contributed by atoms with E-state index in [0.717, 1.165) is 40.9 Å². The van der Waals surface area contributed by atoms with Crippen LogP contribution in [0.2, 0.25) is 0 Å². The third kappa shape index (κ3) is 3.44. The Labute approximate surface area is 138 Å². The van der Waals surface area contributed by atoms with Gasteiger partial charge in [-0.1, -0.05) is 0 Å². The largest absolute Gasteiger partial charge is 0.494 e. The van der Waals surface area contributed by atoms with Crippen LogP contribution in [-0.4, -0.2) is 47.0 Å². The number of benzene rings is 1. The summed E-state index contributed by atoms with van der Waals surface area (Å²) in [5, 5.41) is 2.73. The van der Waals surface area contributed by atoms with Crippen LogP contribution in [0.3, 0.4) is 0 Å². The van der Waals surface area contributed by atoms with Gasteiger partial charge in [0.05, 0.1) is 6.61 Å². The fourth-order valence-electron chi connectivity index (χ4n) is 2.29. The van der Waals surface area contributed by atoms with E-state index in [2.05, 4.69) is 4.98 Å². The minimum atomic E-state index is 0.0498. The van der Waals surface area contributed by atoms with E-state index in [9.17, 15) is 4.79 Å². The molecule has 1 aromatic heterocycles. The third-order valence-electron chi connectivity index (χ3n) is 3.43. The molecule has 0 N–H and O–H groups in total. The summed E-state index contributed by atoms with van der Waals surface area (Å²) in [6, 6.07) is 7.83. The Bertz CT molecular complexity index is 634. The molecule has 1 saturated heterocycles. The summed E-state index contributed by atoms with van der Waals surface area (Å²) < 4.78 is 5.44. The van der Waals surface area contributed by atoms with Crippen LogP contribution in [0.1, 0.15) is 17.4 Å². The van der Waals surface area contributed by atoms with Crippen molar-refractivity contribution in [2.24, 2.45) is 0 Å². The minimum absolute atomic E-state index is 0.0498. The molecule has 1 aliphatic rings. The number of nitrogens with zero attached hydrogens (tertiary/aromatic N) is 2. The van der Waals surface area contributed by atoms with E-state index in [4.69, 9.17) is 4.74 Å². The molecule has 3 rings (SSSR count). The summed E-state index contributed by atoms with van der Waals surface area (Å²) >= 11 is 3.40. The molecule has 0 saturated carbocycles. The Morgan fingerprint density at radius 2 is 2.00 bits per heavy atom. The van der Waals surface area contributed by atoms with Gasteiger partial charge in [0.25, 0.3) is 5.91 Å². The van der Waals surface area contributed by atoms with Crippen molar-refractivity contribution in [2.45, 2.75) is 6.92 Å². The Kier molecular flexibility index (Phi) is 5.00. The molecule has 4 nitrogen and oxygen atoms in total. The number of ether oxygens (including phenoxy) is 1. The molecule has 2 aromatic rings. The Hall–Kier alpha value is -1.53. The lowest BCUT2D eigenvalue weighted by atomic mass is 10.2. The number of aromatic nitrogens is 1. The maximum Gasteiger partial charge on any atom is 0.273 e. The number of carbonyl (C=O) groups is 1. The summed E-state index contributed by atoms with van der Waals surface area (Å²) in [4.78, 5) is 18.8. The molecule has 1 amide bonds. The number of hydrogen-bond donors (Lipinski definition) is 0. The van der Waals surface area contributed by atoms with Gasteiger partial charge in [-0.05, 0) is 31.2 Å². The summed E-state index contributed by atoms with van der Waals surface area (Å²) in [7, 11) is 0. The van der Waals surface area contributed by atoms with Gasteiger partial charge in [-0.3, -0.25) is 4.79 Å². The highest BCUT2D eigenvalue weighted by Gasteiger charge is 2.21. The molecule has 0 aliphatic carbocycles. The second-order valence-corrected chi connectivity index (χ2v) is 6.98. The maximum atomic E-state index is 12.4. The molecule has 0 bridgehead atoms. The number of thioether (sulfide) groups is 1. The first kappa shape index (κ1) is 15.4. The monoisotopic (exact) mass is 334 g/mol. The van der Waals surface area contributed by atoms with Gasteiger partial charge in [-0.2, -0.15) is 11.8 Å². The van der Waals surface area contributed by atoms with E-state index >= 15 is 0 Å². The number of amides is 1. The second-order valence-electron chi connectivity index (χ2n) is 4.90. The Balaban J connectivity index is 1.73. The van der Waals surface area contributed by atoms with E-state index in [-0.39, 0.29) is 5.91 Å². The summed E-state index contributed by atoms with van der Waals surface area (Å²) in [5.74, 6) is 2.93. The predicted molar refractivity (Wildman–Crippen MR) is 91.9 cm³/mol. The molecule has 2 heterocycles. The van der Waals surface area contributed by atoms with Crippen molar-refractivity contribution in [2.75, 3.05) is 31.2 Å². The summed E-state index contributed by atoms with van der Waals surface area (Å²) in [5.41, 5.74) is 1.57. The molecular formula is C16H18N2O2S2. The maximum absolute atomic E-state index is 12.4. The van der Waals surface area contributed by atoms with Gasteiger partial charge in [0.2, 0.25) is 0 Å². The molecule has 22 heavy (non-hydrogen) atoms. The van der Waals surface area contributed by atoms with E-state index in [0.29, 0.717) is 12.3 Å². The Morgan fingerprint density at radius 3 is 2.68 bits per heavy atom. The molecule has 1 aliphatic heterocycles. The molecule has 0 unspecified atom stereocenters. The van der Waals surface area contributed by atoms with Gasteiger partial charge in [-0.25, -0.2) is 4.98 Å². The highest BCUT2D eigenvalue weighted by atomic mass is 32.2. The first-order valence-electron chi connectivity index (χ1n) is 7.33. The smallest absolute Gasteiger partial charge is 0.273 e. The quantitative estimate of drug-likeness (QED) is 0.859. The zero-order valence-electron chi connectivity index (χ0n) is 12.4. The van der Waals surface area contributed by atoms with E-state index in [1.165, 1.54) is 11.3 Å². The van der Waals surface area contributed by atoms with Crippen LogP contribution in [0, 0.1) is 0 Å². The topological polar surface area (TPSA) is 42.4 Å². The first-order chi connectivity index (χ1) is 10.8. The summed E-state index contributed by atoms with van der Waals surface area (Å²) in [6.45, 7) is 4.26. The van der Waals surface area contributed by atoms with E-state index in [1.807, 2.05) is 53.2 Å². The zero-order chi connectivity index (χ0) is 15.4. The number of thiazole rings is 1. The SMILES string of the molecule is CCOc1ccc(-c2nc(C(=O)N3CCSCC3)cs2)cc1. The average molecular weight is 334 g/mol. The van der Waals surface area contributed by atoms with E-state index < -0.39 is 0 Å².